The topological polar surface area (TPSA) is 172 Å². The quantitative estimate of drug-likeness (QED) is 0.325. The van der Waals surface area contributed by atoms with E-state index in [1.165, 1.54) is 22.0 Å². The average molecular weight is 506 g/mol. The number of amides is 1. The average Bonchev–Trinajstić information content (AvgIpc) is 3.25. The lowest BCUT2D eigenvalue weighted by atomic mass is 9.72. The predicted octanol–water partition coefficient (Wildman–Crippen LogP) is 1.39. The van der Waals surface area contributed by atoms with Crippen molar-refractivity contribution in [3.05, 3.63) is 35.5 Å². The number of carbonyl (C=O) groups excluding carboxylic acids is 1. The summed E-state index contributed by atoms with van der Waals surface area (Å²) in [7, 11) is 2.22. The summed E-state index contributed by atoms with van der Waals surface area (Å²) in [5, 5.41) is 36.9. The zero-order chi connectivity index (χ0) is 26.6. The third-order valence-electron chi connectivity index (χ3n) is 6.70. The molecule has 1 amide bonds. The third kappa shape index (κ3) is 6.34. The maximum atomic E-state index is 11.9. The highest BCUT2D eigenvalue weighted by molar-refractivity contribution is 5.88. The van der Waals surface area contributed by atoms with Crippen LogP contribution in [-0.4, -0.2) is 93.3 Å². The maximum absolute atomic E-state index is 11.9. The minimum Gasteiger partial charge on any atom is -0.479 e. The second kappa shape index (κ2) is 11.7. The van der Waals surface area contributed by atoms with E-state index in [1.807, 2.05) is 13.8 Å². The van der Waals surface area contributed by atoms with E-state index >= 15 is 0 Å². The van der Waals surface area contributed by atoms with Crippen molar-refractivity contribution in [1.29, 1.82) is 0 Å². The molecule has 1 aliphatic carbocycles. The maximum Gasteiger partial charge on any atom is 0.407 e. The van der Waals surface area contributed by atoms with Crippen LogP contribution in [0.3, 0.4) is 0 Å². The van der Waals surface area contributed by atoms with Crippen LogP contribution in [0.5, 0.6) is 0 Å². The lowest BCUT2D eigenvalue weighted by Crippen LogP contribution is -2.50. The molecule has 1 saturated heterocycles. The summed E-state index contributed by atoms with van der Waals surface area (Å²) < 4.78 is 5.24. The summed E-state index contributed by atoms with van der Waals surface area (Å²) in [5.74, 6) is -2.20. The van der Waals surface area contributed by atoms with Crippen LogP contribution in [0, 0.1) is 11.8 Å². The highest BCUT2D eigenvalue weighted by atomic mass is 16.5. The van der Waals surface area contributed by atoms with E-state index in [1.54, 1.807) is 0 Å². The van der Waals surface area contributed by atoms with Gasteiger partial charge >= 0.3 is 18.0 Å². The van der Waals surface area contributed by atoms with Crippen molar-refractivity contribution < 1.29 is 39.5 Å². The van der Waals surface area contributed by atoms with Gasteiger partial charge in [0.2, 0.25) is 0 Å². The number of carboxylic acids is 2. The number of carbonyl (C=O) groups is 3. The number of hydrogen-bond donors (Lipinski definition) is 6. The number of likely N-dealkylation sites (tertiary alicyclic amines) is 1. The Kier molecular flexibility index (Phi) is 8.93. The molecule has 4 rings (SSSR count). The van der Waals surface area contributed by atoms with Crippen LogP contribution < -0.4 is 5.32 Å². The lowest BCUT2D eigenvalue weighted by Gasteiger charge is -2.45. The first kappa shape index (κ1) is 27.4. The highest BCUT2D eigenvalue weighted by Gasteiger charge is 2.39. The molecule has 2 heterocycles. The summed E-state index contributed by atoms with van der Waals surface area (Å²) in [4.78, 5) is 37.3. The van der Waals surface area contributed by atoms with Gasteiger partial charge in [0, 0.05) is 42.1 Å². The van der Waals surface area contributed by atoms with Gasteiger partial charge in [-0.2, -0.15) is 0 Å². The highest BCUT2D eigenvalue weighted by Crippen LogP contribution is 2.44. The minimum absolute atomic E-state index is 0.290. The Labute approximate surface area is 209 Å². The SMILES string of the molecule is CC(C)COC(=O)NC[C@@H]1CC2c3cccc4[nH]cc(c34)C[C@H]2N(C)C1.O=C(O)C(O)C(O)C(=O)O. The van der Waals surface area contributed by atoms with Gasteiger partial charge in [0.15, 0.2) is 12.2 Å². The van der Waals surface area contributed by atoms with Gasteiger partial charge in [-0.25, -0.2) is 14.4 Å². The van der Waals surface area contributed by atoms with Crippen molar-refractivity contribution in [1.82, 2.24) is 15.2 Å². The lowest BCUT2D eigenvalue weighted by molar-refractivity contribution is -0.165. The zero-order valence-corrected chi connectivity index (χ0v) is 20.7. The van der Waals surface area contributed by atoms with E-state index in [0.717, 1.165) is 19.4 Å². The molecule has 36 heavy (non-hydrogen) atoms. The number of ether oxygens (including phenoxy) is 1. The second-order valence-corrected chi connectivity index (χ2v) is 9.94. The number of alkyl carbamates (subject to hydrolysis) is 1. The van der Waals surface area contributed by atoms with Crippen LogP contribution >= 0.6 is 0 Å². The van der Waals surface area contributed by atoms with E-state index < -0.39 is 24.1 Å². The number of piperidine rings is 1. The monoisotopic (exact) mass is 505 g/mol. The van der Waals surface area contributed by atoms with E-state index in [0.29, 0.717) is 36.9 Å². The van der Waals surface area contributed by atoms with Crippen LogP contribution in [0.4, 0.5) is 4.79 Å². The Balaban J connectivity index is 0.000000308. The van der Waals surface area contributed by atoms with E-state index in [-0.39, 0.29) is 6.09 Å². The molecule has 1 aromatic heterocycles. The van der Waals surface area contributed by atoms with Gasteiger partial charge < -0.3 is 40.4 Å². The Morgan fingerprint density at radius 3 is 2.44 bits per heavy atom. The number of hydrogen-bond acceptors (Lipinski definition) is 7. The molecule has 11 nitrogen and oxygen atoms in total. The Hall–Kier alpha value is -3.15. The number of nitrogens with one attached hydrogen (secondary N) is 2. The molecule has 3 unspecified atom stereocenters. The van der Waals surface area contributed by atoms with Crippen molar-refractivity contribution >= 4 is 28.9 Å². The van der Waals surface area contributed by atoms with Crippen molar-refractivity contribution in [3.63, 3.8) is 0 Å². The molecule has 2 aromatic rings. The smallest absolute Gasteiger partial charge is 0.407 e. The predicted molar refractivity (Wildman–Crippen MR) is 131 cm³/mol. The molecule has 5 atom stereocenters. The molecule has 1 aliphatic heterocycles. The summed E-state index contributed by atoms with van der Waals surface area (Å²) in [6, 6.07) is 7.16. The normalized spacial score (nSPS) is 22.7. The molecule has 198 valence electrons. The van der Waals surface area contributed by atoms with Crippen LogP contribution in [-0.2, 0) is 20.7 Å². The number of rotatable bonds is 7. The molecular formula is C25H35N3O8. The fourth-order valence-electron chi connectivity index (χ4n) is 4.99. The largest absolute Gasteiger partial charge is 0.479 e. The molecule has 11 heteroatoms. The molecular weight excluding hydrogens is 470 g/mol. The van der Waals surface area contributed by atoms with Crippen molar-refractivity contribution in [2.24, 2.45) is 11.8 Å². The zero-order valence-electron chi connectivity index (χ0n) is 20.7. The summed E-state index contributed by atoms with van der Waals surface area (Å²) >= 11 is 0. The molecule has 1 aromatic carbocycles. The fraction of sp³-hybridized carbons (Fsp3) is 0.560. The minimum atomic E-state index is -2.27. The van der Waals surface area contributed by atoms with Crippen molar-refractivity contribution in [2.45, 2.75) is 50.9 Å². The number of fused-ring (bicyclic) bond motifs is 2. The number of nitrogens with zero attached hydrogens (tertiary/aromatic N) is 1. The summed E-state index contributed by atoms with van der Waals surface area (Å²) in [6.45, 7) is 6.26. The second-order valence-electron chi connectivity index (χ2n) is 9.94. The summed E-state index contributed by atoms with van der Waals surface area (Å²) in [6.07, 6.45) is -0.425. The van der Waals surface area contributed by atoms with Crippen molar-refractivity contribution in [2.75, 3.05) is 26.7 Å². The van der Waals surface area contributed by atoms with Gasteiger partial charge in [-0.05, 0) is 48.9 Å². The number of likely N-dealkylation sites (N-methyl/N-ethyl adjacent to an activating group) is 1. The third-order valence-corrected chi connectivity index (χ3v) is 6.70. The van der Waals surface area contributed by atoms with Gasteiger partial charge in [-0.1, -0.05) is 26.0 Å². The van der Waals surface area contributed by atoms with Gasteiger partial charge in [-0.15, -0.1) is 0 Å². The number of aromatic nitrogens is 1. The van der Waals surface area contributed by atoms with Crippen LogP contribution in [0.15, 0.2) is 24.4 Å². The molecule has 1 fully saturated rings. The molecule has 0 spiro atoms. The Morgan fingerprint density at radius 2 is 1.83 bits per heavy atom. The fourth-order valence-corrected chi connectivity index (χ4v) is 4.99. The number of aliphatic carboxylic acids is 2. The molecule has 0 bridgehead atoms. The first-order chi connectivity index (χ1) is 17.0. The molecule has 6 N–H and O–H groups in total. The molecule has 0 radical (unpaired) electrons. The molecule has 2 aliphatic rings. The Morgan fingerprint density at radius 1 is 1.17 bits per heavy atom. The molecule has 0 saturated carbocycles. The van der Waals surface area contributed by atoms with Gasteiger partial charge in [0.25, 0.3) is 0 Å². The van der Waals surface area contributed by atoms with Gasteiger partial charge in [-0.3, -0.25) is 0 Å². The van der Waals surface area contributed by atoms with E-state index in [4.69, 9.17) is 25.2 Å². The van der Waals surface area contributed by atoms with Crippen LogP contribution in [0.25, 0.3) is 10.9 Å². The number of aromatic amines is 1. The van der Waals surface area contributed by atoms with E-state index in [9.17, 15) is 14.4 Å². The van der Waals surface area contributed by atoms with Crippen molar-refractivity contribution in [3.8, 4) is 0 Å². The van der Waals surface area contributed by atoms with Crippen LogP contribution in [0.1, 0.15) is 37.3 Å². The number of carboxylic acid groups (broad SMARTS) is 2. The first-order valence-corrected chi connectivity index (χ1v) is 12.0. The van der Waals surface area contributed by atoms with Crippen LogP contribution in [0.2, 0.25) is 0 Å². The first-order valence-electron chi connectivity index (χ1n) is 12.0. The van der Waals surface area contributed by atoms with Gasteiger partial charge in [0.1, 0.15) is 0 Å². The van der Waals surface area contributed by atoms with E-state index in [2.05, 4.69) is 46.6 Å². The summed E-state index contributed by atoms with van der Waals surface area (Å²) in [5.41, 5.74) is 4.16. The van der Waals surface area contributed by atoms with Gasteiger partial charge in [0.05, 0.1) is 6.61 Å². The Bertz CT molecular complexity index is 1070. The standard InChI is InChI=1S/C21H29N3O2.C4H6O6/c1-13(2)12-26-21(25)23-9-14-7-17-16-5-4-6-18-20(16)15(10-22-18)8-19(17)24(3)11-14;5-1(3(7)8)2(6)4(9)10/h4-6,10,13-14,17,19,22H,7-9,11-12H2,1-3H3,(H,23,25);1-2,5-6H,(H,7,8)(H,9,10)/t14-,17?,19+;/m0./s1. The number of H-pyrrole nitrogens is 1. The number of aliphatic hydroxyl groups excluding tert-OH is 2. The number of aliphatic hydroxyl groups is 2. The number of benzene rings is 1.